The predicted molar refractivity (Wildman–Crippen MR) is 156 cm³/mol. The number of pyridine rings is 1. The van der Waals surface area contributed by atoms with Crippen molar-refractivity contribution >= 4 is 35.1 Å². The molecule has 0 unspecified atom stereocenters. The largest absolute Gasteiger partial charge is 0.461 e. The Balaban J connectivity index is 1.67. The van der Waals surface area contributed by atoms with Crippen LogP contribution in [-0.4, -0.2) is 34.9 Å². The lowest BCUT2D eigenvalue weighted by molar-refractivity contribution is -0.150. The zero-order valence-electron chi connectivity index (χ0n) is 22.4. The minimum Gasteiger partial charge on any atom is -0.461 e. The highest BCUT2D eigenvalue weighted by molar-refractivity contribution is 6.30. The Morgan fingerprint density at radius 3 is 2.54 bits per heavy atom. The van der Waals surface area contributed by atoms with Crippen LogP contribution in [0.3, 0.4) is 0 Å². The van der Waals surface area contributed by atoms with Crippen molar-refractivity contribution in [3.63, 3.8) is 0 Å². The smallest absolute Gasteiger partial charge is 0.356 e. The van der Waals surface area contributed by atoms with Gasteiger partial charge in [-0.05, 0) is 80.1 Å². The average molecular weight is 566 g/mol. The van der Waals surface area contributed by atoms with E-state index >= 15 is 0 Å². The molecular weight excluding hydrogens is 531 g/mol. The second kappa shape index (κ2) is 12.8. The standard InChI is InChI=1S/C32H34Cl2N2O3/c1-4-18-32(3)21-27(23-9-6-10-25(34)20-23)29(22-14-16-24(33)17-15-22)36(31(32)38)19-8-12-26-11-7-13-28(35-26)30(37)39-5-2/h4,6-7,9-11,13-17,20,27,29H,1,5,8,12,18-19,21H2,2-3H3/t27-,29-,32+/m1/s1. The van der Waals surface area contributed by atoms with E-state index in [-0.39, 0.29) is 17.9 Å². The molecular formula is C32H34Cl2N2O3. The number of aryl methyl sites for hydroxylation is 1. The van der Waals surface area contributed by atoms with Crippen molar-refractivity contribution in [1.29, 1.82) is 0 Å². The molecule has 39 heavy (non-hydrogen) atoms. The Morgan fingerprint density at radius 1 is 1.10 bits per heavy atom. The minimum atomic E-state index is -0.597. The topological polar surface area (TPSA) is 59.5 Å². The first-order chi connectivity index (χ1) is 18.8. The molecule has 1 saturated heterocycles. The molecule has 0 aliphatic carbocycles. The highest BCUT2D eigenvalue weighted by Gasteiger charge is 2.48. The van der Waals surface area contributed by atoms with Gasteiger partial charge in [-0.1, -0.05) is 66.5 Å². The van der Waals surface area contributed by atoms with Crippen molar-refractivity contribution in [2.45, 2.75) is 51.5 Å². The van der Waals surface area contributed by atoms with E-state index in [0.717, 1.165) is 16.8 Å². The number of benzene rings is 2. The molecule has 3 aromatic rings. The minimum absolute atomic E-state index is 0.0257. The number of hydrogen-bond acceptors (Lipinski definition) is 4. The zero-order valence-corrected chi connectivity index (χ0v) is 23.9. The molecule has 2 heterocycles. The van der Waals surface area contributed by atoms with Crippen LogP contribution in [0, 0.1) is 5.41 Å². The summed E-state index contributed by atoms with van der Waals surface area (Å²) < 4.78 is 5.09. The number of piperidine rings is 1. The maximum absolute atomic E-state index is 14.1. The first-order valence-electron chi connectivity index (χ1n) is 13.3. The van der Waals surface area contributed by atoms with E-state index in [1.807, 2.05) is 72.5 Å². The number of ether oxygens (including phenoxy) is 1. The number of allylic oxidation sites excluding steroid dienone is 1. The summed E-state index contributed by atoms with van der Waals surface area (Å²) in [5.41, 5.74) is 2.61. The summed E-state index contributed by atoms with van der Waals surface area (Å²) in [4.78, 5) is 32.8. The normalized spacial score (nSPS) is 21.0. The van der Waals surface area contributed by atoms with Crippen molar-refractivity contribution in [2.24, 2.45) is 5.41 Å². The quantitative estimate of drug-likeness (QED) is 0.186. The number of aromatic nitrogens is 1. The Kier molecular flexibility index (Phi) is 9.47. The van der Waals surface area contributed by atoms with E-state index in [1.165, 1.54) is 0 Å². The van der Waals surface area contributed by atoms with E-state index in [9.17, 15) is 9.59 Å². The van der Waals surface area contributed by atoms with Crippen molar-refractivity contribution in [1.82, 2.24) is 9.88 Å². The molecule has 1 aromatic heterocycles. The summed E-state index contributed by atoms with van der Waals surface area (Å²) >= 11 is 12.7. The number of halogens is 2. The van der Waals surface area contributed by atoms with Crippen LogP contribution in [0.5, 0.6) is 0 Å². The van der Waals surface area contributed by atoms with Crippen LogP contribution in [0.15, 0.2) is 79.4 Å². The number of likely N-dealkylation sites (tertiary alicyclic amines) is 1. The number of carbonyl (C=O) groups excluding carboxylic acids is 2. The Labute approximate surface area is 240 Å². The van der Waals surface area contributed by atoms with Crippen LogP contribution >= 0.6 is 23.2 Å². The van der Waals surface area contributed by atoms with Crippen LogP contribution in [0.4, 0.5) is 0 Å². The maximum atomic E-state index is 14.1. The molecule has 1 amide bonds. The third-order valence-electron chi connectivity index (χ3n) is 7.37. The van der Waals surface area contributed by atoms with E-state index < -0.39 is 11.4 Å². The fourth-order valence-corrected chi connectivity index (χ4v) is 5.91. The van der Waals surface area contributed by atoms with Gasteiger partial charge < -0.3 is 9.64 Å². The van der Waals surface area contributed by atoms with E-state index in [4.69, 9.17) is 27.9 Å². The fourth-order valence-electron chi connectivity index (χ4n) is 5.58. The van der Waals surface area contributed by atoms with Gasteiger partial charge in [0.2, 0.25) is 5.91 Å². The molecule has 0 saturated carbocycles. The summed E-state index contributed by atoms with van der Waals surface area (Å²) in [6, 6.07) is 20.9. The molecule has 1 fully saturated rings. The third-order valence-corrected chi connectivity index (χ3v) is 7.86. The molecule has 7 heteroatoms. The number of amides is 1. The highest BCUT2D eigenvalue weighted by atomic mass is 35.5. The molecule has 0 bridgehead atoms. The van der Waals surface area contributed by atoms with Gasteiger partial charge in [0.1, 0.15) is 5.69 Å². The summed E-state index contributed by atoms with van der Waals surface area (Å²) in [6.07, 6.45) is 4.38. The van der Waals surface area contributed by atoms with Crippen molar-refractivity contribution < 1.29 is 14.3 Å². The zero-order chi connectivity index (χ0) is 28.0. The van der Waals surface area contributed by atoms with E-state index in [0.29, 0.717) is 54.6 Å². The lowest BCUT2D eigenvalue weighted by Gasteiger charge is -2.49. The lowest BCUT2D eigenvalue weighted by Crippen LogP contribution is -2.52. The summed E-state index contributed by atoms with van der Waals surface area (Å²) in [6.45, 7) is 8.57. The first-order valence-corrected chi connectivity index (χ1v) is 14.1. The molecule has 0 N–H and O–H groups in total. The van der Waals surface area contributed by atoms with Crippen molar-refractivity contribution in [2.75, 3.05) is 13.2 Å². The summed E-state index contributed by atoms with van der Waals surface area (Å²) in [5.74, 6) is -0.301. The Bertz CT molecular complexity index is 1330. The molecule has 204 valence electrons. The first kappa shape index (κ1) is 28.8. The van der Waals surface area contributed by atoms with Crippen LogP contribution in [0.2, 0.25) is 10.0 Å². The number of rotatable bonds is 10. The number of nitrogens with zero attached hydrogens (tertiary/aromatic N) is 2. The fraction of sp³-hybridized carbons (Fsp3) is 0.344. The van der Waals surface area contributed by atoms with Gasteiger partial charge in [-0.2, -0.15) is 0 Å². The van der Waals surface area contributed by atoms with E-state index in [1.54, 1.807) is 13.0 Å². The second-order valence-electron chi connectivity index (χ2n) is 10.3. The molecule has 5 nitrogen and oxygen atoms in total. The van der Waals surface area contributed by atoms with Gasteiger partial charge in [-0.15, -0.1) is 6.58 Å². The molecule has 0 radical (unpaired) electrons. The number of carbonyl (C=O) groups is 2. The molecule has 1 aliphatic heterocycles. The number of hydrogen-bond donors (Lipinski definition) is 0. The molecule has 2 aromatic carbocycles. The SMILES string of the molecule is C=CC[C@@]1(C)C[C@H](c2cccc(Cl)c2)[C@@H](c2ccc(Cl)cc2)N(CCCc2cccc(C(=O)OCC)n2)C1=O. The Morgan fingerprint density at radius 2 is 1.85 bits per heavy atom. The highest BCUT2D eigenvalue weighted by Crippen LogP contribution is 2.51. The summed E-state index contributed by atoms with van der Waals surface area (Å²) in [5, 5.41) is 1.32. The van der Waals surface area contributed by atoms with Crippen molar-refractivity contribution in [3.8, 4) is 0 Å². The van der Waals surface area contributed by atoms with Crippen LogP contribution in [-0.2, 0) is 16.0 Å². The maximum Gasteiger partial charge on any atom is 0.356 e. The molecule has 3 atom stereocenters. The average Bonchev–Trinajstić information content (AvgIpc) is 2.92. The third kappa shape index (κ3) is 6.71. The van der Waals surface area contributed by atoms with Crippen LogP contribution in [0.25, 0.3) is 0 Å². The monoisotopic (exact) mass is 564 g/mol. The van der Waals surface area contributed by atoms with Gasteiger partial charge >= 0.3 is 5.97 Å². The van der Waals surface area contributed by atoms with Gasteiger partial charge in [0.25, 0.3) is 0 Å². The van der Waals surface area contributed by atoms with Gasteiger partial charge in [0.05, 0.1) is 18.1 Å². The Hall–Kier alpha value is -3.15. The molecule has 4 rings (SSSR count). The molecule has 0 spiro atoms. The lowest BCUT2D eigenvalue weighted by atomic mass is 9.67. The van der Waals surface area contributed by atoms with Gasteiger partial charge in [0, 0.05) is 28.2 Å². The van der Waals surface area contributed by atoms with Crippen LogP contribution < -0.4 is 0 Å². The summed E-state index contributed by atoms with van der Waals surface area (Å²) in [7, 11) is 0. The predicted octanol–water partition coefficient (Wildman–Crippen LogP) is 7.84. The van der Waals surface area contributed by atoms with Crippen LogP contribution in [0.1, 0.15) is 72.4 Å². The van der Waals surface area contributed by atoms with Gasteiger partial charge in [0.15, 0.2) is 0 Å². The second-order valence-corrected chi connectivity index (χ2v) is 11.1. The van der Waals surface area contributed by atoms with Crippen molar-refractivity contribution in [3.05, 3.63) is 112 Å². The van der Waals surface area contributed by atoms with Gasteiger partial charge in [-0.25, -0.2) is 9.78 Å². The number of esters is 1. The van der Waals surface area contributed by atoms with Gasteiger partial charge in [-0.3, -0.25) is 4.79 Å². The van der Waals surface area contributed by atoms with E-state index in [2.05, 4.69) is 17.6 Å². The molecule has 1 aliphatic rings.